The van der Waals surface area contributed by atoms with Crippen LogP contribution in [0.25, 0.3) is 0 Å². The number of aryl methyl sites for hydroxylation is 1. The van der Waals surface area contributed by atoms with Crippen LogP contribution in [0.1, 0.15) is 32.0 Å². The quantitative estimate of drug-likeness (QED) is 0.891. The number of rotatable bonds is 3. The third-order valence-corrected chi connectivity index (χ3v) is 3.64. The molecule has 0 aliphatic carbocycles. The average molecular weight is 254 g/mol. The number of amides is 1. The largest absolute Gasteiger partial charge is 0.349 e. The van der Waals surface area contributed by atoms with Crippen LogP contribution in [0, 0.1) is 6.92 Å². The highest BCUT2D eigenvalue weighted by Gasteiger charge is 2.22. The van der Waals surface area contributed by atoms with Crippen LogP contribution in [0.5, 0.6) is 0 Å². The molecule has 1 unspecified atom stereocenters. The number of hydrogen-bond acceptors (Lipinski definition) is 5. The number of piperidine rings is 1. The van der Waals surface area contributed by atoms with E-state index in [1.54, 1.807) is 0 Å². The van der Waals surface area contributed by atoms with Crippen molar-refractivity contribution in [1.29, 1.82) is 0 Å². The molecular formula is C11H18N4OS. The fourth-order valence-electron chi connectivity index (χ4n) is 1.99. The predicted octanol–water partition coefficient (Wildman–Crippen LogP) is 1.66. The molecule has 1 N–H and O–H groups in total. The van der Waals surface area contributed by atoms with Crippen LogP contribution in [-0.4, -0.2) is 39.3 Å². The molecule has 2 rings (SSSR count). The molecule has 94 valence electrons. The topological polar surface area (TPSA) is 58.1 Å². The highest BCUT2D eigenvalue weighted by atomic mass is 32.1. The van der Waals surface area contributed by atoms with E-state index >= 15 is 0 Å². The van der Waals surface area contributed by atoms with Crippen molar-refractivity contribution in [2.24, 2.45) is 0 Å². The van der Waals surface area contributed by atoms with E-state index in [9.17, 15) is 4.79 Å². The van der Waals surface area contributed by atoms with Crippen molar-refractivity contribution < 1.29 is 4.79 Å². The Labute approximate surface area is 105 Å². The second kappa shape index (κ2) is 5.44. The van der Waals surface area contributed by atoms with Crippen molar-refractivity contribution in [3.05, 3.63) is 5.82 Å². The summed E-state index contributed by atoms with van der Waals surface area (Å²) in [6.07, 6.45) is 3.48. The minimum absolute atomic E-state index is 0.164. The van der Waals surface area contributed by atoms with Crippen molar-refractivity contribution in [2.75, 3.05) is 18.4 Å². The molecule has 17 heavy (non-hydrogen) atoms. The highest BCUT2D eigenvalue weighted by molar-refractivity contribution is 7.09. The van der Waals surface area contributed by atoms with Gasteiger partial charge in [0.2, 0.25) is 11.0 Å². The zero-order valence-electron chi connectivity index (χ0n) is 10.3. The lowest BCUT2D eigenvalue weighted by molar-refractivity contribution is -0.132. The van der Waals surface area contributed by atoms with Crippen molar-refractivity contribution in [1.82, 2.24) is 14.3 Å². The van der Waals surface area contributed by atoms with Crippen LogP contribution in [0.4, 0.5) is 5.13 Å². The molecule has 2 heterocycles. The summed E-state index contributed by atoms with van der Waals surface area (Å²) in [6.45, 7) is 5.51. The summed E-state index contributed by atoms with van der Waals surface area (Å²) in [5, 5.41) is 3.84. The number of carbonyl (C=O) groups is 1. The van der Waals surface area contributed by atoms with Gasteiger partial charge in [-0.2, -0.15) is 4.37 Å². The molecule has 1 aromatic heterocycles. The zero-order chi connectivity index (χ0) is 12.3. The van der Waals surface area contributed by atoms with E-state index in [4.69, 9.17) is 0 Å². The van der Waals surface area contributed by atoms with Gasteiger partial charge in [0.1, 0.15) is 11.9 Å². The number of hydrogen-bond donors (Lipinski definition) is 1. The summed E-state index contributed by atoms with van der Waals surface area (Å²) in [7, 11) is 0. The summed E-state index contributed by atoms with van der Waals surface area (Å²) in [5.74, 6) is 0.910. The number of nitrogens with one attached hydrogen (secondary N) is 1. The molecular weight excluding hydrogens is 236 g/mol. The first-order valence-corrected chi connectivity index (χ1v) is 6.80. The maximum absolute atomic E-state index is 12.1. The van der Waals surface area contributed by atoms with Gasteiger partial charge in [-0.15, -0.1) is 0 Å². The van der Waals surface area contributed by atoms with Crippen molar-refractivity contribution in [3.63, 3.8) is 0 Å². The summed E-state index contributed by atoms with van der Waals surface area (Å²) in [6, 6.07) is -0.222. The molecule has 0 aromatic carbocycles. The minimum Gasteiger partial charge on any atom is -0.349 e. The highest BCUT2D eigenvalue weighted by Crippen LogP contribution is 2.14. The van der Waals surface area contributed by atoms with E-state index in [0.717, 1.165) is 36.9 Å². The Morgan fingerprint density at radius 3 is 2.71 bits per heavy atom. The van der Waals surface area contributed by atoms with Crippen LogP contribution in [-0.2, 0) is 4.79 Å². The van der Waals surface area contributed by atoms with Crippen molar-refractivity contribution in [3.8, 4) is 0 Å². The van der Waals surface area contributed by atoms with Gasteiger partial charge in [0.15, 0.2) is 0 Å². The van der Waals surface area contributed by atoms with Gasteiger partial charge in [-0.3, -0.25) is 4.79 Å². The Morgan fingerprint density at radius 2 is 2.12 bits per heavy atom. The van der Waals surface area contributed by atoms with Gasteiger partial charge >= 0.3 is 0 Å². The number of nitrogens with zero attached hydrogens (tertiary/aromatic N) is 3. The van der Waals surface area contributed by atoms with Crippen LogP contribution in [0.3, 0.4) is 0 Å². The molecule has 5 nitrogen and oxygen atoms in total. The van der Waals surface area contributed by atoms with Crippen molar-refractivity contribution in [2.45, 2.75) is 39.2 Å². The normalized spacial score (nSPS) is 17.9. The summed E-state index contributed by atoms with van der Waals surface area (Å²) < 4.78 is 4.08. The number of aromatic nitrogens is 2. The first-order valence-electron chi connectivity index (χ1n) is 6.02. The molecule has 0 bridgehead atoms. The van der Waals surface area contributed by atoms with Gasteiger partial charge in [-0.1, -0.05) is 0 Å². The van der Waals surface area contributed by atoms with E-state index in [-0.39, 0.29) is 11.9 Å². The zero-order valence-corrected chi connectivity index (χ0v) is 11.1. The summed E-state index contributed by atoms with van der Waals surface area (Å²) in [4.78, 5) is 18.3. The lowest BCUT2D eigenvalue weighted by Gasteiger charge is -2.29. The number of carbonyl (C=O) groups excluding carboxylic acids is 1. The molecule has 1 atom stereocenters. The smallest absolute Gasteiger partial charge is 0.244 e. The molecule has 1 fully saturated rings. The number of anilines is 1. The first-order chi connectivity index (χ1) is 8.16. The maximum atomic E-state index is 12.1. The van der Waals surface area contributed by atoms with Gasteiger partial charge in [0, 0.05) is 24.6 Å². The van der Waals surface area contributed by atoms with Crippen LogP contribution >= 0.6 is 11.5 Å². The Bertz CT molecular complexity index is 387. The molecule has 0 saturated carbocycles. The molecule has 1 aliphatic heterocycles. The monoisotopic (exact) mass is 254 g/mol. The summed E-state index contributed by atoms with van der Waals surface area (Å²) in [5.41, 5.74) is 0. The fourth-order valence-corrected chi connectivity index (χ4v) is 2.65. The van der Waals surface area contributed by atoms with E-state index in [0.29, 0.717) is 0 Å². The molecule has 1 amide bonds. The Balaban J connectivity index is 1.90. The van der Waals surface area contributed by atoms with Crippen LogP contribution in [0.2, 0.25) is 0 Å². The molecule has 0 radical (unpaired) electrons. The number of likely N-dealkylation sites (tertiary alicyclic amines) is 1. The van der Waals surface area contributed by atoms with Gasteiger partial charge in [-0.25, -0.2) is 4.98 Å². The Hall–Kier alpha value is -1.17. The molecule has 0 spiro atoms. The lowest BCUT2D eigenvalue weighted by atomic mass is 10.1. The van der Waals surface area contributed by atoms with E-state index < -0.39 is 0 Å². The fraction of sp³-hybridized carbons (Fsp3) is 0.727. The molecule has 1 saturated heterocycles. The SMILES string of the molecule is Cc1nsc(NC(C)C(=O)N2CCCCC2)n1. The van der Waals surface area contributed by atoms with Gasteiger partial charge in [0.05, 0.1) is 0 Å². The second-order valence-corrected chi connectivity index (χ2v) is 5.15. The molecule has 6 heteroatoms. The summed E-state index contributed by atoms with van der Waals surface area (Å²) >= 11 is 1.30. The van der Waals surface area contributed by atoms with Gasteiger partial charge in [0.25, 0.3) is 0 Å². The average Bonchev–Trinajstić information content (AvgIpc) is 2.75. The van der Waals surface area contributed by atoms with E-state index in [1.165, 1.54) is 18.0 Å². The Morgan fingerprint density at radius 1 is 1.41 bits per heavy atom. The third-order valence-electron chi connectivity index (χ3n) is 2.91. The standard InChI is InChI=1S/C11H18N4OS/c1-8(12-11-13-9(2)14-17-11)10(16)15-6-4-3-5-7-15/h8H,3-7H2,1-2H3,(H,12,13,14). The molecule has 1 aliphatic rings. The van der Waals surface area contributed by atoms with E-state index in [1.807, 2.05) is 18.7 Å². The predicted molar refractivity (Wildman–Crippen MR) is 68.2 cm³/mol. The van der Waals surface area contributed by atoms with Gasteiger partial charge in [-0.05, 0) is 33.1 Å². The lowest BCUT2D eigenvalue weighted by Crippen LogP contribution is -2.43. The van der Waals surface area contributed by atoms with Crippen LogP contribution < -0.4 is 5.32 Å². The third kappa shape index (κ3) is 3.15. The Kier molecular flexibility index (Phi) is 3.93. The molecule has 1 aromatic rings. The van der Waals surface area contributed by atoms with E-state index in [2.05, 4.69) is 14.7 Å². The maximum Gasteiger partial charge on any atom is 0.244 e. The van der Waals surface area contributed by atoms with Crippen LogP contribution in [0.15, 0.2) is 0 Å². The first kappa shape index (κ1) is 12.3. The van der Waals surface area contributed by atoms with Gasteiger partial charge < -0.3 is 10.2 Å². The van der Waals surface area contributed by atoms with Crippen molar-refractivity contribution >= 4 is 22.6 Å². The minimum atomic E-state index is -0.222. The second-order valence-electron chi connectivity index (χ2n) is 4.40.